The van der Waals surface area contributed by atoms with Crippen LogP contribution in [0.3, 0.4) is 0 Å². The lowest BCUT2D eigenvalue weighted by Gasteiger charge is -2.20. The summed E-state index contributed by atoms with van der Waals surface area (Å²) in [5.74, 6) is -1.47. The molecule has 2 aromatic carbocycles. The summed E-state index contributed by atoms with van der Waals surface area (Å²) in [7, 11) is 0. The summed E-state index contributed by atoms with van der Waals surface area (Å²) in [5.41, 5.74) is 2.42. The topological polar surface area (TPSA) is 100 Å². The fourth-order valence-corrected chi connectivity index (χ4v) is 3.03. The molecule has 0 saturated carbocycles. The van der Waals surface area contributed by atoms with Crippen molar-refractivity contribution in [1.82, 2.24) is 10.3 Å². The molecule has 0 spiro atoms. The van der Waals surface area contributed by atoms with Crippen LogP contribution in [0.15, 0.2) is 60.8 Å². The lowest BCUT2D eigenvalue weighted by molar-refractivity contribution is -0.156. The van der Waals surface area contributed by atoms with Gasteiger partial charge in [-0.1, -0.05) is 36.4 Å². The summed E-state index contributed by atoms with van der Waals surface area (Å²) >= 11 is 0. The van der Waals surface area contributed by atoms with Gasteiger partial charge in [0.25, 0.3) is 5.91 Å². The summed E-state index contributed by atoms with van der Waals surface area (Å²) in [4.78, 5) is 39.7. The molecule has 1 heterocycles. The smallest absolute Gasteiger partial charge is 0.329 e. The van der Waals surface area contributed by atoms with Crippen molar-refractivity contribution < 1.29 is 19.1 Å². The average Bonchev–Trinajstić information content (AvgIpc) is 3.11. The van der Waals surface area contributed by atoms with Gasteiger partial charge in [-0.25, -0.2) is 4.79 Å². The summed E-state index contributed by atoms with van der Waals surface area (Å²) in [6.45, 7) is 2.83. The first-order valence-corrected chi connectivity index (χ1v) is 9.32. The number of hydrogen-bond acceptors (Lipinski definition) is 4. The lowest BCUT2D eigenvalue weighted by atomic mass is 10.0. The van der Waals surface area contributed by atoms with Gasteiger partial charge in [-0.3, -0.25) is 9.59 Å². The second-order valence-electron chi connectivity index (χ2n) is 6.75. The predicted octanol–water partition coefficient (Wildman–Crippen LogP) is 2.79. The lowest BCUT2D eigenvalue weighted by Crippen LogP contribution is -2.44. The van der Waals surface area contributed by atoms with E-state index in [0.717, 1.165) is 16.5 Å². The zero-order chi connectivity index (χ0) is 20.8. The highest BCUT2D eigenvalue weighted by molar-refractivity contribution is 5.95. The first-order valence-electron chi connectivity index (χ1n) is 9.32. The Kier molecular flexibility index (Phi) is 6.29. The second kappa shape index (κ2) is 9.05. The zero-order valence-corrected chi connectivity index (χ0v) is 16.3. The van der Waals surface area contributed by atoms with Crippen LogP contribution in [0.25, 0.3) is 10.9 Å². The molecule has 0 aliphatic rings. The molecule has 3 rings (SSSR count). The summed E-state index contributed by atoms with van der Waals surface area (Å²) < 4.78 is 5.33. The summed E-state index contributed by atoms with van der Waals surface area (Å²) in [6.07, 6.45) is 1.04. The molecule has 0 radical (unpaired) electrons. The third-order valence-electron chi connectivity index (χ3n) is 4.46. The average molecular weight is 393 g/mol. The highest BCUT2D eigenvalue weighted by Gasteiger charge is 2.27. The molecule has 0 saturated heterocycles. The van der Waals surface area contributed by atoms with Crippen LogP contribution in [0.2, 0.25) is 0 Å². The van der Waals surface area contributed by atoms with Crippen LogP contribution in [-0.4, -0.2) is 34.9 Å². The maximum absolute atomic E-state index is 12.7. The standard InChI is InChI=1S/C22H23N3O4/c1-14(21(27)25-17-8-4-3-5-9-17)29-22(28)20(24-15(2)26)12-16-13-23-19-11-7-6-10-18(16)19/h3-11,13-14,20,23H,12H2,1-2H3,(H,24,26)(H,25,27)/t14-,20-/m0/s1. The Morgan fingerprint density at radius 2 is 1.72 bits per heavy atom. The van der Waals surface area contributed by atoms with E-state index in [1.807, 2.05) is 30.3 Å². The van der Waals surface area contributed by atoms with Crippen molar-refractivity contribution in [2.45, 2.75) is 32.4 Å². The van der Waals surface area contributed by atoms with Gasteiger partial charge in [0.2, 0.25) is 5.91 Å². The number of aromatic nitrogens is 1. The van der Waals surface area contributed by atoms with Gasteiger partial charge < -0.3 is 20.4 Å². The van der Waals surface area contributed by atoms with Gasteiger partial charge in [-0.15, -0.1) is 0 Å². The van der Waals surface area contributed by atoms with Crippen molar-refractivity contribution in [2.24, 2.45) is 0 Å². The van der Waals surface area contributed by atoms with E-state index in [0.29, 0.717) is 5.69 Å². The van der Waals surface area contributed by atoms with E-state index in [4.69, 9.17) is 4.74 Å². The van der Waals surface area contributed by atoms with Crippen LogP contribution >= 0.6 is 0 Å². The van der Waals surface area contributed by atoms with Crippen LogP contribution < -0.4 is 10.6 Å². The Balaban J connectivity index is 1.68. The maximum Gasteiger partial charge on any atom is 0.329 e. The Morgan fingerprint density at radius 1 is 1.03 bits per heavy atom. The number of para-hydroxylation sites is 2. The van der Waals surface area contributed by atoms with Crippen molar-refractivity contribution in [3.05, 3.63) is 66.4 Å². The van der Waals surface area contributed by atoms with E-state index in [-0.39, 0.29) is 12.3 Å². The Bertz CT molecular complexity index is 1010. The Hall–Kier alpha value is -3.61. The SMILES string of the molecule is CC(=O)N[C@@H](Cc1c[nH]c2ccccc12)C(=O)O[C@@H](C)C(=O)Nc1ccccc1. The fraction of sp³-hybridized carbons (Fsp3) is 0.227. The molecule has 29 heavy (non-hydrogen) atoms. The minimum absolute atomic E-state index is 0.245. The van der Waals surface area contributed by atoms with Crippen molar-refractivity contribution in [2.75, 3.05) is 5.32 Å². The molecule has 3 N–H and O–H groups in total. The number of aromatic amines is 1. The van der Waals surface area contributed by atoms with E-state index in [1.54, 1.807) is 30.5 Å². The van der Waals surface area contributed by atoms with Crippen LogP contribution in [-0.2, 0) is 25.5 Å². The molecule has 150 valence electrons. The van der Waals surface area contributed by atoms with Gasteiger partial charge in [-0.2, -0.15) is 0 Å². The first-order chi connectivity index (χ1) is 13.9. The monoisotopic (exact) mass is 393 g/mol. The van der Waals surface area contributed by atoms with Gasteiger partial charge in [-0.05, 0) is 30.7 Å². The third-order valence-corrected chi connectivity index (χ3v) is 4.46. The molecule has 2 atom stereocenters. The van der Waals surface area contributed by atoms with E-state index in [9.17, 15) is 14.4 Å². The van der Waals surface area contributed by atoms with Crippen LogP contribution in [0.5, 0.6) is 0 Å². The third kappa shape index (κ3) is 5.22. The van der Waals surface area contributed by atoms with Crippen molar-refractivity contribution in [3.63, 3.8) is 0 Å². The molecular formula is C22H23N3O4. The van der Waals surface area contributed by atoms with E-state index in [1.165, 1.54) is 13.8 Å². The number of benzene rings is 2. The minimum atomic E-state index is -1.01. The highest BCUT2D eigenvalue weighted by atomic mass is 16.5. The molecule has 0 bridgehead atoms. The molecule has 3 aromatic rings. The van der Waals surface area contributed by atoms with E-state index >= 15 is 0 Å². The minimum Gasteiger partial charge on any atom is -0.451 e. The number of amides is 2. The fourth-order valence-electron chi connectivity index (χ4n) is 3.03. The van der Waals surface area contributed by atoms with Gasteiger partial charge in [0.15, 0.2) is 6.10 Å². The summed E-state index contributed by atoms with van der Waals surface area (Å²) in [5, 5.41) is 6.27. The largest absolute Gasteiger partial charge is 0.451 e. The zero-order valence-electron chi connectivity index (χ0n) is 16.3. The number of hydrogen-bond donors (Lipinski definition) is 3. The van der Waals surface area contributed by atoms with E-state index < -0.39 is 24.0 Å². The number of H-pyrrole nitrogens is 1. The molecule has 7 heteroatoms. The second-order valence-corrected chi connectivity index (χ2v) is 6.75. The van der Waals surface area contributed by atoms with Crippen molar-refractivity contribution in [3.8, 4) is 0 Å². The Morgan fingerprint density at radius 3 is 2.45 bits per heavy atom. The highest BCUT2D eigenvalue weighted by Crippen LogP contribution is 2.19. The number of esters is 1. The molecular weight excluding hydrogens is 370 g/mol. The van der Waals surface area contributed by atoms with Crippen LogP contribution in [0.4, 0.5) is 5.69 Å². The molecule has 0 fully saturated rings. The quantitative estimate of drug-likeness (QED) is 0.537. The molecule has 2 amide bonds. The number of rotatable bonds is 7. The van der Waals surface area contributed by atoms with Gasteiger partial charge in [0.05, 0.1) is 0 Å². The number of carbonyl (C=O) groups excluding carboxylic acids is 3. The van der Waals surface area contributed by atoms with Gasteiger partial charge in [0.1, 0.15) is 6.04 Å². The maximum atomic E-state index is 12.7. The van der Waals surface area contributed by atoms with Crippen LogP contribution in [0.1, 0.15) is 19.4 Å². The van der Waals surface area contributed by atoms with Gasteiger partial charge in [0, 0.05) is 36.1 Å². The molecule has 0 aliphatic carbocycles. The van der Waals surface area contributed by atoms with Crippen molar-refractivity contribution >= 4 is 34.4 Å². The van der Waals surface area contributed by atoms with E-state index in [2.05, 4.69) is 15.6 Å². The first kappa shape index (κ1) is 20.1. The predicted molar refractivity (Wildman–Crippen MR) is 110 cm³/mol. The number of anilines is 1. The molecule has 0 aliphatic heterocycles. The number of ether oxygens (including phenoxy) is 1. The molecule has 1 aromatic heterocycles. The molecule has 7 nitrogen and oxygen atoms in total. The Labute approximate surface area is 168 Å². The normalized spacial score (nSPS) is 12.8. The number of carbonyl (C=O) groups is 3. The van der Waals surface area contributed by atoms with Crippen molar-refractivity contribution in [1.29, 1.82) is 0 Å². The molecule has 0 unspecified atom stereocenters. The van der Waals surface area contributed by atoms with Gasteiger partial charge >= 0.3 is 5.97 Å². The van der Waals surface area contributed by atoms with Crippen LogP contribution in [0, 0.1) is 0 Å². The number of fused-ring (bicyclic) bond motifs is 1. The summed E-state index contributed by atoms with van der Waals surface area (Å²) in [6, 6.07) is 15.7. The number of nitrogens with one attached hydrogen (secondary N) is 3.